The molecule has 4 bridgehead atoms. The lowest BCUT2D eigenvalue weighted by molar-refractivity contribution is -0.166. The van der Waals surface area contributed by atoms with Crippen molar-refractivity contribution in [2.75, 3.05) is 6.61 Å². The Kier molecular flexibility index (Phi) is 2.30. The van der Waals surface area contributed by atoms with Gasteiger partial charge in [-0.3, -0.25) is 4.79 Å². The standard InChI is InChI=1S/C15H22O3/c1-8-11-12-9(14(2,3)17)5-6-15(8,4)10(12)7-18-13(11)16/h9-12,17H,1,5-7H2,2-4H3. The SMILES string of the molecule is C=C1C2C(=O)OCC3C2C(C(C)(C)O)CCC13C. The van der Waals surface area contributed by atoms with Crippen molar-refractivity contribution in [2.24, 2.45) is 29.1 Å². The van der Waals surface area contributed by atoms with Gasteiger partial charge in [0, 0.05) is 5.92 Å². The predicted octanol–water partition coefficient (Wildman–Crippen LogP) is 2.15. The first kappa shape index (κ1) is 12.2. The fourth-order valence-corrected chi connectivity index (χ4v) is 4.67. The Balaban J connectivity index is 2.08. The summed E-state index contributed by atoms with van der Waals surface area (Å²) in [5.41, 5.74) is 0.348. The summed E-state index contributed by atoms with van der Waals surface area (Å²) in [7, 11) is 0. The Morgan fingerprint density at radius 2 is 2.17 bits per heavy atom. The van der Waals surface area contributed by atoms with Crippen LogP contribution < -0.4 is 0 Å². The number of hydrogen-bond donors (Lipinski definition) is 1. The highest BCUT2D eigenvalue weighted by atomic mass is 16.5. The molecule has 3 rings (SSSR count). The van der Waals surface area contributed by atoms with Crippen LogP contribution in [0.4, 0.5) is 0 Å². The highest BCUT2D eigenvalue weighted by Gasteiger charge is 2.65. The molecule has 0 aromatic carbocycles. The zero-order chi connectivity index (χ0) is 13.3. The highest BCUT2D eigenvalue weighted by Crippen LogP contribution is 2.65. The van der Waals surface area contributed by atoms with Crippen molar-refractivity contribution in [3.05, 3.63) is 12.2 Å². The molecule has 0 radical (unpaired) electrons. The van der Waals surface area contributed by atoms with Crippen LogP contribution in [0.5, 0.6) is 0 Å². The molecule has 3 heteroatoms. The molecule has 5 unspecified atom stereocenters. The molecule has 2 saturated carbocycles. The average molecular weight is 250 g/mol. The van der Waals surface area contributed by atoms with E-state index in [1.807, 2.05) is 13.8 Å². The molecular formula is C15H22O3. The van der Waals surface area contributed by atoms with E-state index < -0.39 is 5.60 Å². The van der Waals surface area contributed by atoms with E-state index in [0.29, 0.717) is 12.5 Å². The lowest BCUT2D eigenvalue weighted by Crippen LogP contribution is -2.49. The molecule has 0 aromatic heterocycles. The number of ether oxygens (including phenoxy) is 1. The second-order valence-corrected chi connectivity index (χ2v) is 7.03. The number of aliphatic hydroxyl groups is 1. The maximum Gasteiger partial charge on any atom is 0.313 e. The minimum absolute atomic E-state index is 0.0310. The second kappa shape index (κ2) is 3.38. The summed E-state index contributed by atoms with van der Waals surface area (Å²) in [6, 6.07) is 0. The zero-order valence-corrected chi connectivity index (χ0v) is 11.4. The summed E-state index contributed by atoms with van der Waals surface area (Å²) in [5, 5.41) is 10.4. The van der Waals surface area contributed by atoms with Crippen LogP contribution in [0.15, 0.2) is 12.2 Å². The van der Waals surface area contributed by atoms with Gasteiger partial charge in [0.1, 0.15) is 0 Å². The van der Waals surface area contributed by atoms with E-state index in [0.717, 1.165) is 18.4 Å². The molecule has 3 fully saturated rings. The van der Waals surface area contributed by atoms with Crippen LogP contribution in [0, 0.1) is 29.1 Å². The van der Waals surface area contributed by atoms with Crippen molar-refractivity contribution < 1.29 is 14.6 Å². The lowest BCUT2D eigenvalue weighted by atomic mass is 9.60. The Hall–Kier alpha value is -0.830. The molecule has 0 amide bonds. The van der Waals surface area contributed by atoms with Crippen molar-refractivity contribution in [3.63, 3.8) is 0 Å². The monoisotopic (exact) mass is 250 g/mol. The van der Waals surface area contributed by atoms with E-state index in [1.54, 1.807) is 0 Å². The third-order valence-electron chi connectivity index (χ3n) is 5.78. The van der Waals surface area contributed by atoms with E-state index in [4.69, 9.17) is 4.74 Å². The van der Waals surface area contributed by atoms with Gasteiger partial charge in [0.15, 0.2) is 0 Å². The Morgan fingerprint density at radius 3 is 2.78 bits per heavy atom. The third-order valence-corrected chi connectivity index (χ3v) is 5.78. The van der Waals surface area contributed by atoms with E-state index in [2.05, 4.69) is 13.5 Å². The van der Waals surface area contributed by atoms with Crippen molar-refractivity contribution in [2.45, 2.75) is 39.2 Å². The summed E-state index contributed by atoms with van der Waals surface area (Å²) < 4.78 is 5.32. The molecule has 100 valence electrons. The van der Waals surface area contributed by atoms with Gasteiger partial charge in [-0.2, -0.15) is 0 Å². The van der Waals surface area contributed by atoms with Gasteiger partial charge in [0.05, 0.1) is 18.1 Å². The fourth-order valence-electron chi connectivity index (χ4n) is 4.67. The normalized spacial score (nSPS) is 47.1. The first-order chi connectivity index (χ1) is 8.27. The molecule has 0 aromatic rings. The van der Waals surface area contributed by atoms with Crippen LogP contribution in [0.3, 0.4) is 0 Å². The molecule has 0 spiro atoms. The quantitative estimate of drug-likeness (QED) is 0.573. The second-order valence-electron chi connectivity index (χ2n) is 7.03. The summed E-state index contributed by atoms with van der Waals surface area (Å²) in [4.78, 5) is 12.1. The topological polar surface area (TPSA) is 46.5 Å². The molecule has 1 saturated heterocycles. The van der Waals surface area contributed by atoms with Crippen molar-refractivity contribution in [3.8, 4) is 0 Å². The summed E-state index contributed by atoms with van der Waals surface area (Å²) >= 11 is 0. The van der Waals surface area contributed by atoms with Gasteiger partial charge in [-0.25, -0.2) is 0 Å². The molecule has 3 nitrogen and oxygen atoms in total. The van der Waals surface area contributed by atoms with Gasteiger partial charge >= 0.3 is 5.97 Å². The van der Waals surface area contributed by atoms with Crippen molar-refractivity contribution in [1.82, 2.24) is 0 Å². The Morgan fingerprint density at radius 1 is 1.50 bits per heavy atom. The van der Waals surface area contributed by atoms with Crippen molar-refractivity contribution >= 4 is 5.97 Å². The van der Waals surface area contributed by atoms with Crippen LogP contribution in [0.25, 0.3) is 0 Å². The van der Waals surface area contributed by atoms with Crippen molar-refractivity contribution in [1.29, 1.82) is 0 Å². The van der Waals surface area contributed by atoms with E-state index in [9.17, 15) is 9.90 Å². The highest BCUT2D eigenvalue weighted by molar-refractivity contribution is 5.79. The van der Waals surface area contributed by atoms with Crippen LogP contribution in [0.1, 0.15) is 33.6 Å². The molecule has 1 aliphatic heterocycles. The average Bonchev–Trinajstić information content (AvgIpc) is 2.34. The zero-order valence-electron chi connectivity index (χ0n) is 11.4. The van der Waals surface area contributed by atoms with Gasteiger partial charge in [-0.15, -0.1) is 0 Å². The lowest BCUT2D eigenvalue weighted by Gasteiger charge is -2.47. The smallest absolute Gasteiger partial charge is 0.313 e. The number of rotatable bonds is 1. The minimum Gasteiger partial charge on any atom is -0.465 e. The van der Waals surface area contributed by atoms with Gasteiger partial charge in [0.25, 0.3) is 0 Å². The van der Waals surface area contributed by atoms with E-state index in [-0.39, 0.29) is 29.1 Å². The molecule has 1 heterocycles. The maximum atomic E-state index is 12.1. The van der Waals surface area contributed by atoms with Crippen LogP contribution in [0.2, 0.25) is 0 Å². The number of cyclic esters (lactones) is 1. The summed E-state index contributed by atoms with van der Waals surface area (Å²) in [6.45, 7) is 10.6. The van der Waals surface area contributed by atoms with E-state index >= 15 is 0 Å². The largest absolute Gasteiger partial charge is 0.465 e. The number of esters is 1. The molecule has 2 aliphatic carbocycles. The van der Waals surface area contributed by atoms with Gasteiger partial charge in [-0.05, 0) is 43.9 Å². The van der Waals surface area contributed by atoms with Crippen LogP contribution in [-0.4, -0.2) is 23.3 Å². The van der Waals surface area contributed by atoms with E-state index in [1.165, 1.54) is 0 Å². The Labute approximate surface area is 108 Å². The molecule has 3 aliphatic rings. The fraction of sp³-hybridized carbons (Fsp3) is 0.800. The number of carbonyl (C=O) groups is 1. The first-order valence-electron chi connectivity index (χ1n) is 6.85. The number of hydrogen-bond acceptors (Lipinski definition) is 3. The molecule has 1 N–H and O–H groups in total. The predicted molar refractivity (Wildman–Crippen MR) is 67.7 cm³/mol. The molecule has 5 atom stereocenters. The van der Waals surface area contributed by atoms with Crippen LogP contribution >= 0.6 is 0 Å². The third kappa shape index (κ3) is 1.31. The summed E-state index contributed by atoms with van der Waals surface area (Å²) in [6.07, 6.45) is 1.98. The van der Waals surface area contributed by atoms with Gasteiger partial charge in [0.2, 0.25) is 0 Å². The first-order valence-corrected chi connectivity index (χ1v) is 6.85. The maximum absolute atomic E-state index is 12.1. The minimum atomic E-state index is -0.731. The number of carbonyl (C=O) groups excluding carboxylic acids is 1. The Bertz CT molecular complexity index is 420. The molecule has 18 heavy (non-hydrogen) atoms. The van der Waals surface area contributed by atoms with Crippen LogP contribution in [-0.2, 0) is 9.53 Å². The van der Waals surface area contributed by atoms with Gasteiger partial charge in [-0.1, -0.05) is 19.1 Å². The molecular weight excluding hydrogens is 228 g/mol. The summed E-state index contributed by atoms with van der Waals surface area (Å²) in [5.74, 6) is 0.428. The van der Waals surface area contributed by atoms with Gasteiger partial charge < -0.3 is 9.84 Å².